The lowest BCUT2D eigenvalue weighted by atomic mass is 10.0. The summed E-state index contributed by atoms with van der Waals surface area (Å²) in [5.74, 6) is -1.81. The van der Waals surface area contributed by atoms with E-state index in [4.69, 9.17) is 22.0 Å². The second-order valence-electron chi connectivity index (χ2n) is 8.14. The average molecular weight is 595 g/mol. The quantitative estimate of drug-likeness (QED) is 0.0976. The lowest BCUT2D eigenvalue weighted by Crippen LogP contribution is -2.71. The van der Waals surface area contributed by atoms with Crippen molar-refractivity contribution in [2.45, 2.75) is 24.5 Å². The first-order valence-corrected chi connectivity index (χ1v) is 14.3. The number of aliphatic imine (C=N–C) groups is 1. The number of fused-ring (bicyclic) bond motifs is 1. The van der Waals surface area contributed by atoms with Gasteiger partial charge in [-0.3, -0.25) is 14.5 Å². The summed E-state index contributed by atoms with van der Waals surface area (Å²) in [6, 6.07) is -0.984. The van der Waals surface area contributed by atoms with E-state index in [0.717, 1.165) is 11.5 Å². The molecule has 208 valence electrons. The Kier molecular flexibility index (Phi) is 8.78. The van der Waals surface area contributed by atoms with Crippen molar-refractivity contribution in [1.29, 1.82) is 0 Å². The minimum Gasteiger partial charge on any atom is -0.477 e. The van der Waals surface area contributed by atoms with Crippen molar-refractivity contribution >= 4 is 68.9 Å². The number of carboxylic acid groups (broad SMARTS) is 1. The predicted octanol–water partition coefficient (Wildman–Crippen LogP) is -0.725. The molecule has 0 saturated carbocycles. The minimum absolute atomic E-state index is 0.0415. The summed E-state index contributed by atoms with van der Waals surface area (Å²) in [6.45, 7) is 6.02. The first-order valence-electron chi connectivity index (χ1n) is 11.5. The second-order valence-corrected chi connectivity index (χ2v) is 11.0. The summed E-state index contributed by atoms with van der Waals surface area (Å²) in [6.07, 6.45) is 2.77. The number of rotatable bonds is 10. The summed E-state index contributed by atoms with van der Waals surface area (Å²) in [4.78, 5) is 54.6. The van der Waals surface area contributed by atoms with Crippen LogP contribution in [-0.4, -0.2) is 95.2 Å². The van der Waals surface area contributed by atoms with Gasteiger partial charge in [0.25, 0.3) is 11.8 Å². The van der Waals surface area contributed by atoms with Gasteiger partial charge in [-0.05, 0) is 18.6 Å². The van der Waals surface area contributed by atoms with Gasteiger partial charge in [-0.2, -0.15) is 9.36 Å². The normalized spacial score (nSPS) is 23.0. The van der Waals surface area contributed by atoms with Gasteiger partial charge in [0.05, 0.1) is 0 Å². The lowest BCUT2D eigenvalue weighted by Gasteiger charge is -2.49. The van der Waals surface area contributed by atoms with E-state index < -0.39 is 35.4 Å². The van der Waals surface area contributed by atoms with Crippen LogP contribution in [0.15, 0.2) is 46.0 Å². The molecule has 0 aliphatic carbocycles. The first-order chi connectivity index (χ1) is 18.7. The highest BCUT2D eigenvalue weighted by molar-refractivity contribution is 8.14. The van der Waals surface area contributed by atoms with Crippen molar-refractivity contribution < 1.29 is 24.3 Å². The van der Waals surface area contributed by atoms with Gasteiger partial charge in [0, 0.05) is 29.6 Å². The Morgan fingerprint density at radius 2 is 2.21 bits per heavy atom. The number of oxime groups is 1. The fraction of sp³-hybridized carbons (Fsp3) is 0.381. The number of β-lactam (4-membered cyclic amide) rings is 1. The van der Waals surface area contributed by atoms with Gasteiger partial charge in [0.2, 0.25) is 11.5 Å². The van der Waals surface area contributed by atoms with Crippen LogP contribution in [-0.2, 0) is 19.2 Å². The van der Waals surface area contributed by atoms with E-state index in [9.17, 15) is 19.5 Å². The molecule has 0 bridgehead atoms. The highest BCUT2D eigenvalue weighted by atomic mass is 32.2. The molecule has 1 fully saturated rings. The third kappa shape index (κ3) is 5.87. The van der Waals surface area contributed by atoms with E-state index in [1.54, 1.807) is 24.0 Å². The Labute approximate surface area is 235 Å². The molecule has 3 aliphatic rings. The molecule has 4 heterocycles. The van der Waals surface area contributed by atoms with Crippen molar-refractivity contribution in [3.63, 3.8) is 0 Å². The number of thioether (sulfide) groups is 2. The molecule has 15 nitrogen and oxygen atoms in total. The molecule has 8 N–H and O–H groups in total. The molecule has 2 amide bonds. The van der Waals surface area contributed by atoms with E-state index in [1.807, 2.05) is 0 Å². The number of amidine groups is 1. The Bertz CT molecular complexity index is 1310. The summed E-state index contributed by atoms with van der Waals surface area (Å²) < 4.78 is 3.98. The Hall–Kier alpha value is -3.61. The SMILES string of the molecule is C=CCN1C(SCC2=C(C(=O)O)N3C(=O)C(NC(=O)/C(=N\OCC)c4nsc(N)n4)[C@@H]3SC2)=NC(N)=CC1N. The van der Waals surface area contributed by atoms with Crippen LogP contribution in [0.1, 0.15) is 12.7 Å². The zero-order valence-corrected chi connectivity index (χ0v) is 23.1. The zero-order chi connectivity index (χ0) is 28.3. The van der Waals surface area contributed by atoms with Crippen molar-refractivity contribution in [1.82, 2.24) is 24.5 Å². The first kappa shape index (κ1) is 28.4. The fourth-order valence-electron chi connectivity index (χ4n) is 3.86. The van der Waals surface area contributed by atoms with Crippen LogP contribution in [0.2, 0.25) is 0 Å². The molecular weight excluding hydrogens is 568 g/mol. The number of anilines is 1. The van der Waals surface area contributed by atoms with Crippen LogP contribution in [0.4, 0.5) is 5.13 Å². The van der Waals surface area contributed by atoms with Crippen molar-refractivity contribution in [2.24, 2.45) is 21.6 Å². The number of hydrogen-bond acceptors (Lipinski definition) is 15. The van der Waals surface area contributed by atoms with E-state index in [0.29, 0.717) is 23.0 Å². The van der Waals surface area contributed by atoms with Crippen molar-refractivity contribution in [3.8, 4) is 0 Å². The number of carbonyl (C=O) groups is 3. The summed E-state index contributed by atoms with van der Waals surface area (Å²) in [5.41, 5.74) is 17.8. The number of amides is 2. The van der Waals surface area contributed by atoms with Gasteiger partial charge in [-0.15, -0.1) is 18.3 Å². The zero-order valence-electron chi connectivity index (χ0n) is 20.6. The smallest absolute Gasteiger partial charge is 0.352 e. The predicted molar refractivity (Wildman–Crippen MR) is 149 cm³/mol. The summed E-state index contributed by atoms with van der Waals surface area (Å²) in [5, 5.41) is 16.4. The van der Waals surface area contributed by atoms with Gasteiger partial charge in [-0.1, -0.05) is 23.0 Å². The third-order valence-corrected chi connectivity index (χ3v) is 8.52. The maximum Gasteiger partial charge on any atom is 0.352 e. The monoisotopic (exact) mass is 594 g/mol. The second kappa shape index (κ2) is 12.1. The lowest BCUT2D eigenvalue weighted by molar-refractivity contribution is -0.150. The Morgan fingerprint density at radius 3 is 2.85 bits per heavy atom. The molecule has 0 spiro atoms. The molecular formula is C21H26N10O5S3. The molecule has 2 unspecified atom stereocenters. The number of carbonyl (C=O) groups excluding carboxylic acids is 2. The molecule has 1 saturated heterocycles. The number of nitrogens with two attached hydrogens (primary N) is 3. The molecule has 0 aromatic carbocycles. The third-order valence-electron chi connectivity index (χ3n) is 5.56. The molecule has 3 atom stereocenters. The van der Waals surface area contributed by atoms with E-state index in [2.05, 4.69) is 31.4 Å². The molecule has 1 aromatic heterocycles. The van der Waals surface area contributed by atoms with Crippen molar-refractivity contribution in [2.75, 3.05) is 30.4 Å². The minimum atomic E-state index is -1.25. The van der Waals surface area contributed by atoms with Gasteiger partial charge in [0.1, 0.15) is 35.7 Å². The number of hydrogen-bond donors (Lipinski definition) is 5. The highest BCUT2D eigenvalue weighted by Crippen LogP contribution is 2.41. The Morgan fingerprint density at radius 1 is 1.44 bits per heavy atom. The number of nitrogen functional groups attached to an aromatic ring is 1. The van der Waals surface area contributed by atoms with Gasteiger partial charge in [-0.25, -0.2) is 9.79 Å². The van der Waals surface area contributed by atoms with E-state index >= 15 is 0 Å². The topological polar surface area (TPSA) is 228 Å². The number of nitrogens with zero attached hydrogens (tertiary/aromatic N) is 6. The van der Waals surface area contributed by atoms with Crippen LogP contribution in [0.3, 0.4) is 0 Å². The van der Waals surface area contributed by atoms with E-state index in [1.165, 1.54) is 28.4 Å². The Balaban J connectivity index is 1.49. The molecule has 1 aromatic rings. The van der Waals surface area contributed by atoms with Crippen LogP contribution >= 0.6 is 35.1 Å². The van der Waals surface area contributed by atoms with Gasteiger partial charge >= 0.3 is 5.97 Å². The van der Waals surface area contributed by atoms with Crippen LogP contribution < -0.4 is 22.5 Å². The van der Waals surface area contributed by atoms with Crippen LogP contribution in [0.25, 0.3) is 0 Å². The summed E-state index contributed by atoms with van der Waals surface area (Å²) in [7, 11) is 0. The number of aromatic nitrogens is 2. The number of aliphatic carboxylic acids is 1. The molecule has 4 rings (SSSR count). The summed E-state index contributed by atoms with van der Waals surface area (Å²) >= 11 is 3.47. The number of nitrogens with one attached hydrogen (secondary N) is 1. The molecule has 0 radical (unpaired) electrons. The fourth-order valence-corrected chi connectivity index (χ4v) is 6.84. The van der Waals surface area contributed by atoms with Crippen molar-refractivity contribution in [3.05, 3.63) is 41.6 Å². The van der Waals surface area contributed by atoms with Crippen LogP contribution in [0.5, 0.6) is 0 Å². The van der Waals surface area contributed by atoms with Gasteiger partial charge < -0.3 is 37.4 Å². The molecule has 18 heteroatoms. The maximum absolute atomic E-state index is 13.1. The molecule has 39 heavy (non-hydrogen) atoms. The molecule has 3 aliphatic heterocycles. The maximum atomic E-state index is 13.1. The average Bonchev–Trinajstić information content (AvgIpc) is 3.32. The van der Waals surface area contributed by atoms with Crippen LogP contribution in [0, 0.1) is 0 Å². The van der Waals surface area contributed by atoms with Gasteiger partial charge in [0.15, 0.2) is 10.3 Å². The van der Waals surface area contributed by atoms with E-state index in [-0.39, 0.29) is 40.5 Å². The standard InChI is InChI=1S/C21H26N10O5S3/c1-3-5-30-11(23)6-10(22)25-21(30)38-8-9-7-37-18-13(17(33)31(18)14(9)19(34)35)26-16(32)12(28-36-4-2)15-27-20(24)39-29-15/h3,6,11,13,18H,1,4-5,7-8,22-23H2,2H3,(H,26,32)(H,34,35)(H2,24,27,29)/b28-12-/t11?,13?,18-/m0/s1. The highest BCUT2D eigenvalue weighted by Gasteiger charge is 2.54. The largest absolute Gasteiger partial charge is 0.477 e. The number of carboxylic acids is 1.